The first-order valence-electron chi connectivity index (χ1n) is 7.49. The molecule has 4 rings (SSSR count). The summed E-state index contributed by atoms with van der Waals surface area (Å²) in [6.07, 6.45) is 0. The van der Waals surface area contributed by atoms with Crippen molar-refractivity contribution >= 4 is 24.0 Å². The molecule has 0 N–H and O–H groups in total. The van der Waals surface area contributed by atoms with Crippen molar-refractivity contribution in [2.75, 3.05) is 19.7 Å². The Hall–Kier alpha value is -1.22. The van der Waals surface area contributed by atoms with Crippen molar-refractivity contribution in [1.82, 2.24) is 4.90 Å². The lowest BCUT2D eigenvalue weighted by Gasteiger charge is -2.28. The van der Waals surface area contributed by atoms with Gasteiger partial charge in [-0.3, -0.25) is 4.90 Å². The van der Waals surface area contributed by atoms with Crippen molar-refractivity contribution in [3.8, 4) is 5.75 Å². The van der Waals surface area contributed by atoms with Crippen molar-refractivity contribution in [3.05, 3.63) is 64.7 Å². The van der Waals surface area contributed by atoms with Gasteiger partial charge in [-0.2, -0.15) is 0 Å². The molecule has 2 aliphatic rings. The molecule has 2 atom stereocenters. The highest BCUT2D eigenvalue weighted by Gasteiger charge is 2.39. The fraction of sp³-hybridized carbons (Fsp3) is 0.333. The largest absolute Gasteiger partial charge is 0.491 e. The Labute approximate surface area is 142 Å². The number of fused-ring (bicyclic) bond motifs is 3. The standard InChI is InChI=1S/C18H18ClNO.ClH/c19-17-8-4-7-15-16-11-20(9-13-5-2-1-3-6-13)10-14(16)12-21-18(15)17;/h1-8,14,16H,9-12H2;1H/t14-,16-;/m1./s1. The number of para-hydroxylation sites is 1. The van der Waals surface area contributed by atoms with Crippen LogP contribution in [-0.4, -0.2) is 24.6 Å². The number of rotatable bonds is 2. The fourth-order valence-electron chi connectivity index (χ4n) is 3.61. The molecule has 4 heteroatoms. The van der Waals surface area contributed by atoms with Gasteiger partial charge in [0.15, 0.2) is 0 Å². The molecule has 1 saturated heterocycles. The normalized spacial score (nSPS) is 23.1. The third-order valence-corrected chi connectivity index (χ3v) is 4.90. The highest BCUT2D eigenvalue weighted by Crippen LogP contribution is 2.44. The van der Waals surface area contributed by atoms with E-state index in [-0.39, 0.29) is 12.4 Å². The third-order valence-electron chi connectivity index (χ3n) is 4.60. The highest BCUT2D eigenvalue weighted by molar-refractivity contribution is 6.32. The molecule has 0 radical (unpaired) electrons. The molecule has 2 nitrogen and oxygen atoms in total. The minimum Gasteiger partial charge on any atom is -0.491 e. The maximum absolute atomic E-state index is 6.26. The Kier molecular flexibility index (Phi) is 4.62. The fourth-order valence-corrected chi connectivity index (χ4v) is 3.85. The lowest BCUT2D eigenvalue weighted by molar-refractivity contribution is 0.212. The zero-order chi connectivity index (χ0) is 14.2. The van der Waals surface area contributed by atoms with Gasteiger partial charge in [0, 0.05) is 37.0 Å². The van der Waals surface area contributed by atoms with Crippen molar-refractivity contribution in [1.29, 1.82) is 0 Å². The molecule has 22 heavy (non-hydrogen) atoms. The van der Waals surface area contributed by atoms with Gasteiger partial charge < -0.3 is 4.74 Å². The van der Waals surface area contributed by atoms with Crippen LogP contribution in [0.25, 0.3) is 0 Å². The molecule has 0 aromatic heterocycles. The number of likely N-dealkylation sites (tertiary alicyclic amines) is 1. The molecule has 0 bridgehead atoms. The van der Waals surface area contributed by atoms with Gasteiger partial charge in [-0.15, -0.1) is 12.4 Å². The highest BCUT2D eigenvalue weighted by atomic mass is 35.5. The van der Waals surface area contributed by atoms with Gasteiger partial charge in [0.05, 0.1) is 11.6 Å². The van der Waals surface area contributed by atoms with Crippen LogP contribution in [0.1, 0.15) is 17.0 Å². The van der Waals surface area contributed by atoms with Crippen molar-refractivity contribution in [2.45, 2.75) is 12.5 Å². The maximum Gasteiger partial charge on any atom is 0.141 e. The summed E-state index contributed by atoms with van der Waals surface area (Å²) in [6.45, 7) is 4.00. The summed E-state index contributed by atoms with van der Waals surface area (Å²) in [5.74, 6) is 2.04. The van der Waals surface area contributed by atoms with E-state index < -0.39 is 0 Å². The van der Waals surface area contributed by atoms with E-state index >= 15 is 0 Å². The van der Waals surface area contributed by atoms with Crippen LogP contribution in [0.2, 0.25) is 5.02 Å². The summed E-state index contributed by atoms with van der Waals surface area (Å²) in [4.78, 5) is 2.53. The van der Waals surface area contributed by atoms with Crippen LogP contribution >= 0.6 is 24.0 Å². The number of ether oxygens (including phenoxy) is 1. The van der Waals surface area contributed by atoms with Crippen LogP contribution in [-0.2, 0) is 6.54 Å². The molecular formula is C18H19Cl2NO. The van der Waals surface area contributed by atoms with Gasteiger partial charge in [0.1, 0.15) is 5.75 Å². The van der Waals surface area contributed by atoms with Crippen LogP contribution in [0.15, 0.2) is 48.5 Å². The second-order valence-electron chi connectivity index (χ2n) is 6.02. The van der Waals surface area contributed by atoms with E-state index in [1.165, 1.54) is 11.1 Å². The number of hydrogen-bond acceptors (Lipinski definition) is 2. The summed E-state index contributed by atoms with van der Waals surface area (Å²) < 4.78 is 5.91. The zero-order valence-electron chi connectivity index (χ0n) is 12.2. The van der Waals surface area contributed by atoms with E-state index in [1.807, 2.05) is 12.1 Å². The Balaban J connectivity index is 0.00000144. The summed E-state index contributed by atoms with van der Waals surface area (Å²) in [5.41, 5.74) is 2.66. The monoisotopic (exact) mass is 335 g/mol. The summed E-state index contributed by atoms with van der Waals surface area (Å²) in [7, 11) is 0. The first-order valence-corrected chi connectivity index (χ1v) is 7.86. The van der Waals surface area contributed by atoms with Crippen LogP contribution < -0.4 is 4.74 Å². The summed E-state index contributed by atoms with van der Waals surface area (Å²) in [6, 6.07) is 16.8. The van der Waals surface area contributed by atoms with Crippen LogP contribution in [0.5, 0.6) is 5.75 Å². The van der Waals surface area contributed by atoms with Gasteiger partial charge in [0.25, 0.3) is 0 Å². The average Bonchev–Trinajstić information content (AvgIpc) is 2.91. The Morgan fingerprint density at radius 3 is 2.68 bits per heavy atom. The molecule has 1 fully saturated rings. The first kappa shape index (κ1) is 15.7. The third kappa shape index (κ3) is 2.83. The molecule has 2 aliphatic heterocycles. The van der Waals surface area contributed by atoms with Crippen LogP contribution in [0.4, 0.5) is 0 Å². The smallest absolute Gasteiger partial charge is 0.141 e. The molecule has 116 valence electrons. The van der Waals surface area contributed by atoms with E-state index in [0.717, 1.165) is 37.0 Å². The quantitative estimate of drug-likeness (QED) is 0.807. The number of hydrogen-bond donors (Lipinski definition) is 0. The molecule has 0 aliphatic carbocycles. The Morgan fingerprint density at radius 2 is 1.86 bits per heavy atom. The predicted molar refractivity (Wildman–Crippen MR) is 92.1 cm³/mol. The van der Waals surface area contributed by atoms with E-state index in [1.54, 1.807) is 0 Å². The SMILES string of the molecule is Cl.Clc1cccc2c1OC[C@H]1CN(Cc3ccccc3)C[C@@H]21. The lowest BCUT2D eigenvalue weighted by Crippen LogP contribution is -2.25. The number of halogens is 2. The topological polar surface area (TPSA) is 12.5 Å². The van der Waals surface area contributed by atoms with Crippen LogP contribution in [0, 0.1) is 5.92 Å². The number of nitrogens with zero attached hydrogens (tertiary/aromatic N) is 1. The molecule has 0 saturated carbocycles. The Bertz CT molecular complexity index is 647. The second-order valence-corrected chi connectivity index (χ2v) is 6.42. The second kappa shape index (κ2) is 6.49. The van der Waals surface area contributed by atoms with Gasteiger partial charge in [-0.05, 0) is 11.6 Å². The molecule has 0 spiro atoms. The predicted octanol–water partition coefficient (Wildman–Crippen LogP) is 4.37. The zero-order valence-corrected chi connectivity index (χ0v) is 13.8. The van der Waals surface area contributed by atoms with Crippen molar-refractivity contribution in [2.24, 2.45) is 5.92 Å². The van der Waals surface area contributed by atoms with E-state index in [0.29, 0.717) is 11.8 Å². The van der Waals surface area contributed by atoms with Crippen molar-refractivity contribution in [3.63, 3.8) is 0 Å². The molecule has 2 aromatic rings. The minimum absolute atomic E-state index is 0. The van der Waals surface area contributed by atoms with E-state index in [4.69, 9.17) is 16.3 Å². The molecular weight excluding hydrogens is 317 g/mol. The van der Waals surface area contributed by atoms with Crippen LogP contribution in [0.3, 0.4) is 0 Å². The number of benzene rings is 2. The molecule has 0 amide bonds. The average molecular weight is 336 g/mol. The minimum atomic E-state index is 0. The molecule has 2 aromatic carbocycles. The summed E-state index contributed by atoms with van der Waals surface area (Å²) in [5, 5.41) is 0.743. The van der Waals surface area contributed by atoms with Crippen molar-refractivity contribution < 1.29 is 4.74 Å². The van der Waals surface area contributed by atoms with E-state index in [9.17, 15) is 0 Å². The van der Waals surface area contributed by atoms with Gasteiger partial charge in [0.2, 0.25) is 0 Å². The van der Waals surface area contributed by atoms with Gasteiger partial charge in [-0.25, -0.2) is 0 Å². The Morgan fingerprint density at radius 1 is 1.05 bits per heavy atom. The molecule has 2 heterocycles. The summed E-state index contributed by atoms with van der Waals surface area (Å²) >= 11 is 6.26. The first-order chi connectivity index (χ1) is 10.3. The van der Waals surface area contributed by atoms with Gasteiger partial charge >= 0.3 is 0 Å². The van der Waals surface area contributed by atoms with Gasteiger partial charge in [-0.1, -0.05) is 54.1 Å². The van der Waals surface area contributed by atoms with E-state index in [2.05, 4.69) is 41.3 Å². The lowest BCUT2D eigenvalue weighted by atomic mass is 9.87. The maximum atomic E-state index is 6.26. The molecule has 0 unspecified atom stereocenters.